The number of aromatic nitrogens is 3. The van der Waals surface area contributed by atoms with E-state index in [1.165, 1.54) is 0 Å². The fraction of sp³-hybridized carbons (Fsp3) is 0.450. The molecule has 1 aliphatic heterocycles. The molecule has 1 fully saturated rings. The maximum atomic E-state index is 12.9. The molecule has 2 heterocycles. The van der Waals surface area contributed by atoms with Gasteiger partial charge in [-0.2, -0.15) is 15.0 Å². The van der Waals surface area contributed by atoms with Gasteiger partial charge in [0.25, 0.3) is 5.91 Å². The second kappa shape index (κ2) is 8.02. The van der Waals surface area contributed by atoms with E-state index in [1.807, 2.05) is 31.2 Å². The summed E-state index contributed by atoms with van der Waals surface area (Å²) in [6.45, 7) is 7.80. The Labute approximate surface area is 170 Å². The third kappa shape index (κ3) is 4.61. The van der Waals surface area contributed by atoms with E-state index in [1.54, 1.807) is 6.92 Å². The normalized spacial score (nSPS) is 19.0. The number of nitrogens with one attached hydrogen (secondary N) is 2. The maximum Gasteiger partial charge on any atom is 0.325 e. The van der Waals surface area contributed by atoms with E-state index in [0.717, 1.165) is 22.6 Å². The standard InChI is InChI=1S/C20H27N7O2/c1-12(2)9-10-20(4)16(28)27(19(29)26-20)11-15-23-17(21)25-18(24-15)22-14-8-6-5-7-13(14)3/h5-8,12H,9-11H2,1-4H3,(H,26,29)(H3,21,22,23,24,25)/t20-/m1/s1. The molecule has 1 aliphatic rings. The van der Waals surface area contributed by atoms with Crippen molar-refractivity contribution in [3.63, 3.8) is 0 Å². The molecule has 1 aromatic heterocycles. The van der Waals surface area contributed by atoms with Gasteiger partial charge in [-0.1, -0.05) is 32.0 Å². The zero-order valence-electron chi connectivity index (χ0n) is 17.2. The van der Waals surface area contributed by atoms with E-state index in [9.17, 15) is 9.59 Å². The zero-order chi connectivity index (χ0) is 21.2. The molecule has 0 radical (unpaired) electrons. The van der Waals surface area contributed by atoms with Gasteiger partial charge in [0.2, 0.25) is 11.9 Å². The summed E-state index contributed by atoms with van der Waals surface area (Å²) in [5.41, 5.74) is 6.76. The summed E-state index contributed by atoms with van der Waals surface area (Å²) < 4.78 is 0. The predicted molar refractivity (Wildman–Crippen MR) is 110 cm³/mol. The molecule has 0 spiro atoms. The minimum Gasteiger partial charge on any atom is -0.368 e. The summed E-state index contributed by atoms with van der Waals surface area (Å²) in [4.78, 5) is 39.0. The number of amides is 3. The topological polar surface area (TPSA) is 126 Å². The number of nitrogens with zero attached hydrogens (tertiary/aromatic N) is 4. The van der Waals surface area contributed by atoms with Gasteiger partial charge in [0.15, 0.2) is 5.82 Å². The highest BCUT2D eigenvalue weighted by molar-refractivity contribution is 6.06. The first kappa shape index (κ1) is 20.5. The highest BCUT2D eigenvalue weighted by Gasteiger charge is 2.47. The number of aryl methyl sites for hydroxylation is 1. The number of hydrogen-bond acceptors (Lipinski definition) is 7. The molecule has 4 N–H and O–H groups in total. The van der Waals surface area contributed by atoms with Crippen LogP contribution in [0.1, 0.15) is 45.0 Å². The van der Waals surface area contributed by atoms with Crippen molar-refractivity contribution >= 4 is 29.5 Å². The predicted octanol–water partition coefficient (Wildman–Crippen LogP) is 2.75. The summed E-state index contributed by atoms with van der Waals surface area (Å²) in [6.07, 6.45) is 1.41. The van der Waals surface area contributed by atoms with Crippen molar-refractivity contribution in [1.82, 2.24) is 25.2 Å². The number of hydrogen-bond donors (Lipinski definition) is 3. The molecule has 9 nitrogen and oxygen atoms in total. The SMILES string of the molecule is Cc1ccccc1Nc1nc(N)nc(CN2C(=O)N[C@](C)(CCC(C)C)C2=O)n1. The average Bonchev–Trinajstić information content (AvgIpc) is 2.85. The number of para-hydroxylation sites is 1. The van der Waals surface area contributed by atoms with Crippen LogP contribution in [-0.2, 0) is 11.3 Å². The smallest absolute Gasteiger partial charge is 0.325 e. The van der Waals surface area contributed by atoms with Gasteiger partial charge >= 0.3 is 6.03 Å². The quantitative estimate of drug-likeness (QED) is 0.613. The maximum absolute atomic E-state index is 12.9. The number of nitrogen functional groups attached to an aromatic ring is 1. The second-order valence-electron chi connectivity index (χ2n) is 7.96. The van der Waals surface area contributed by atoms with Crippen molar-refractivity contribution in [2.75, 3.05) is 11.1 Å². The van der Waals surface area contributed by atoms with E-state index in [2.05, 4.69) is 39.4 Å². The van der Waals surface area contributed by atoms with Gasteiger partial charge in [0, 0.05) is 5.69 Å². The summed E-state index contributed by atoms with van der Waals surface area (Å²) in [6, 6.07) is 7.23. The van der Waals surface area contributed by atoms with E-state index < -0.39 is 11.6 Å². The van der Waals surface area contributed by atoms with Crippen molar-refractivity contribution in [3.8, 4) is 0 Å². The van der Waals surface area contributed by atoms with Crippen LogP contribution < -0.4 is 16.4 Å². The number of carbonyl (C=O) groups is 2. The molecule has 0 saturated carbocycles. The Kier molecular flexibility index (Phi) is 5.67. The van der Waals surface area contributed by atoms with Crippen molar-refractivity contribution in [3.05, 3.63) is 35.7 Å². The Morgan fingerprint density at radius 1 is 1.21 bits per heavy atom. The molecule has 2 aromatic rings. The third-order valence-electron chi connectivity index (χ3n) is 4.96. The first-order valence-corrected chi connectivity index (χ1v) is 9.65. The van der Waals surface area contributed by atoms with Gasteiger partial charge in [-0.15, -0.1) is 0 Å². The van der Waals surface area contributed by atoms with Crippen LogP contribution in [0.4, 0.5) is 22.4 Å². The van der Waals surface area contributed by atoms with Crippen molar-refractivity contribution in [1.29, 1.82) is 0 Å². The molecule has 154 valence electrons. The number of imide groups is 1. The highest BCUT2D eigenvalue weighted by Crippen LogP contribution is 2.26. The fourth-order valence-corrected chi connectivity index (χ4v) is 3.18. The molecule has 3 rings (SSSR count). The average molecular weight is 397 g/mol. The number of urea groups is 1. The highest BCUT2D eigenvalue weighted by atomic mass is 16.2. The van der Waals surface area contributed by atoms with Gasteiger partial charge in [-0.05, 0) is 44.2 Å². The van der Waals surface area contributed by atoms with Crippen LogP contribution >= 0.6 is 0 Å². The van der Waals surface area contributed by atoms with Crippen molar-refractivity contribution in [2.24, 2.45) is 5.92 Å². The molecule has 0 unspecified atom stereocenters. The van der Waals surface area contributed by atoms with Crippen LogP contribution in [0.3, 0.4) is 0 Å². The molecule has 3 amide bonds. The Morgan fingerprint density at radius 2 is 1.93 bits per heavy atom. The second-order valence-corrected chi connectivity index (χ2v) is 7.96. The molecular formula is C20H27N7O2. The van der Waals surface area contributed by atoms with Crippen molar-refractivity contribution in [2.45, 2.75) is 52.6 Å². The largest absolute Gasteiger partial charge is 0.368 e. The van der Waals surface area contributed by atoms with Crippen LogP contribution in [0.15, 0.2) is 24.3 Å². The number of benzene rings is 1. The van der Waals surface area contributed by atoms with E-state index in [4.69, 9.17) is 5.73 Å². The summed E-state index contributed by atoms with van der Waals surface area (Å²) in [7, 11) is 0. The minimum absolute atomic E-state index is 0.0145. The lowest BCUT2D eigenvalue weighted by Crippen LogP contribution is -2.44. The Morgan fingerprint density at radius 3 is 2.62 bits per heavy atom. The number of anilines is 3. The minimum atomic E-state index is -0.915. The molecule has 0 bridgehead atoms. The fourth-order valence-electron chi connectivity index (χ4n) is 3.18. The van der Waals surface area contributed by atoms with Gasteiger partial charge in [-0.3, -0.25) is 9.69 Å². The first-order chi connectivity index (χ1) is 13.7. The van der Waals surface area contributed by atoms with Gasteiger partial charge < -0.3 is 16.4 Å². The molecule has 1 aromatic carbocycles. The van der Waals surface area contributed by atoms with E-state index >= 15 is 0 Å². The summed E-state index contributed by atoms with van der Waals surface area (Å²) in [5.74, 6) is 0.668. The zero-order valence-corrected chi connectivity index (χ0v) is 17.2. The van der Waals surface area contributed by atoms with Crippen molar-refractivity contribution < 1.29 is 9.59 Å². The summed E-state index contributed by atoms with van der Waals surface area (Å²) >= 11 is 0. The van der Waals surface area contributed by atoms with Gasteiger partial charge in [0.1, 0.15) is 5.54 Å². The molecule has 1 atom stereocenters. The molecule has 0 aliphatic carbocycles. The van der Waals surface area contributed by atoms with Crippen LogP contribution in [0, 0.1) is 12.8 Å². The Balaban J connectivity index is 1.78. The lowest BCUT2D eigenvalue weighted by atomic mass is 9.92. The number of carbonyl (C=O) groups excluding carboxylic acids is 2. The van der Waals surface area contributed by atoms with Crippen LogP contribution in [0.25, 0.3) is 0 Å². The summed E-state index contributed by atoms with van der Waals surface area (Å²) in [5, 5.41) is 5.91. The van der Waals surface area contributed by atoms with Gasteiger partial charge in [-0.25, -0.2) is 4.79 Å². The molecular weight excluding hydrogens is 370 g/mol. The molecule has 29 heavy (non-hydrogen) atoms. The lowest BCUT2D eigenvalue weighted by Gasteiger charge is -2.22. The Bertz CT molecular complexity index is 931. The number of rotatable bonds is 7. The van der Waals surface area contributed by atoms with Gasteiger partial charge in [0.05, 0.1) is 6.54 Å². The lowest BCUT2D eigenvalue weighted by molar-refractivity contribution is -0.131. The number of nitrogens with two attached hydrogens (primary N) is 1. The van der Waals surface area contributed by atoms with E-state index in [0.29, 0.717) is 12.3 Å². The Hall–Kier alpha value is -3.23. The van der Waals surface area contributed by atoms with E-state index in [-0.39, 0.29) is 30.2 Å². The van der Waals surface area contributed by atoms with Crippen LogP contribution in [-0.4, -0.2) is 37.3 Å². The van der Waals surface area contributed by atoms with Crippen LogP contribution in [0.2, 0.25) is 0 Å². The molecule has 9 heteroatoms. The monoisotopic (exact) mass is 397 g/mol. The third-order valence-corrected chi connectivity index (χ3v) is 4.96. The van der Waals surface area contributed by atoms with Crippen LogP contribution in [0.5, 0.6) is 0 Å². The first-order valence-electron chi connectivity index (χ1n) is 9.65. The molecule has 1 saturated heterocycles.